The van der Waals surface area contributed by atoms with Crippen LogP contribution in [0.4, 0.5) is 0 Å². The van der Waals surface area contributed by atoms with Crippen LogP contribution in [0.25, 0.3) is 10.9 Å². The van der Waals surface area contributed by atoms with Gasteiger partial charge in [0.15, 0.2) is 0 Å². The third-order valence-corrected chi connectivity index (χ3v) is 5.64. The highest BCUT2D eigenvalue weighted by Gasteiger charge is 2.31. The van der Waals surface area contributed by atoms with Crippen LogP contribution in [-0.4, -0.2) is 73.3 Å². The Labute approximate surface area is 154 Å². The standard InChI is InChI=1S/C20H27N3O3/c1-4-21(3)20(24)18-14(2)23-15(12-22-8-10-25-11-9-22)13-26-17-7-5-6-16(18)19(17)23/h5-7,15H,4,8-13H2,1-3H3/t15-/m1/s1. The van der Waals surface area contributed by atoms with Crippen LogP contribution in [0.3, 0.4) is 0 Å². The molecule has 1 aromatic heterocycles. The predicted molar refractivity (Wildman–Crippen MR) is 101 cm³/mol. The molecule has 1 atom stereocenters. The summed E-state index contributed by atoms with van der Waals surface area (Å²) in [5.74, 6) is 0.958. The fraction of sp³-hybridized carbons (Fsp3) is 0.550. The number of morpholine rings is 1. The van der Waals surface area contributed by atoms with Crippen molar-refractivity contribution >= 4 is 16.8 Å². The third kappa shape index (κ3) is 2.77. The maximum absolute atomic E-state index is 13.0. The lowest BCUT2D eigenvalue weighted by Crippen LogP contribution is -2.42. The molecule has 2 aliphatic rings. The molecule has 4 rings (SSSR count). The Hall–Kier alpha value is -2.05. The number of aromatic nitrogens is 1. The molecular formula is C20H27N3O3. The average Bonchev–Trinajstić information content (AvgIpc) is 2.97. The van der Waals surface area contributed by atoms with Crippen molar-refractivity contribution in [3.05, 3.63) is 29.5 Å². The van der Waals surface area contributed by atoms with Crippen LogP contribution in [-0.2, 0) is 4.74 Å². The molecule has 1 saturated heterocycles. The van der Waals surface area contributed by atoms with E-state index in [0.29, 0.717) is 13.2 Å². The topological polar surface area (TPSA) is 46.9 Å². The van der Waals surface area contributed by atoms with Crippen LogP contribution in [0, 0.1) is 6.92 Å². The van der Waals surface area contributed by atoms with Crippen LogP contribution in [0.5, 0.6) is 5.75 Å². The van der Waals surface area contributed by atoms with Crippen molar-refractivity contribution in [3.8, 4) is 5.75 Å². The van der Waals surface area contributed by atoms with Gasteiger partial charge in [-0.2, -0.15) is 0 Å². The Morgan fingerprint density at radius 3 is 2.81 bits per heavy atom. The second-order valence-electron chi connectivity index (χ2n) is 7.18. The van der Waals surface area contributed by atoms with Gasteiger partial charge in [-0.3, -0.25) is 9.69 Å². The van der Waals surface area contributed by atoms with Crippen LogP contribution >= 0.6 is 0 Å². The molecule has 0 saturated carbocycles. The molecule has 0 aliphatic carbocycles. The van der Waals surface area contributed by atoms with Gasteiger partial charge < -0.3 is 18.9 Å². The molecular weight excluding hydrogens is 330 g/mol. The zero-order chi connectivity index (χ0) is 18.3. The van der Waals surface area contributed by atoms with Gasteiger partial charge in [0.25, 0.3) is 5.91 Å². The highest BCUT2D eigenvalue weighted by atomic mass is 16.5. The van der Waals surface area contributed by atoms with Crippen molar-refractivity contribution in [1.82, 2.24) is 14.4 Å². The predicted octanol–water partition coefficient (Wildman–Crippen LogP) is 2.31. The van der Waals surface area contributed by atoms with Gasteiger partial charge in [-0.15, -0.1) is 0 Å². The van der Waals surface area contributed by atoms with Crippen LogP contribution in [0.1, 0.15) is 29.0 Å². The van der Waals surface area contributed by atoms with Gasteiger partial charge in [-0.1, -0.05) is 12.1 Å². The smallest absolute Gasteiger partial charge is 0.256 e. The SMILES string of the molecule is CCN(C)C(=O)c1c(C)n2c3c(cccc13)OC[C@H]2CN1CCOCC1. The third-order valence-electron chi connectivity index (χ3n) is 5.64. The molecule has 6 heteroatoms. The largest absolute Gasteiger partial charge is 0.489 e. The summed E-state index contributed by atoms with van der Waals surface area (Å²) in [4.78, 5) is 17.2. The molecule has 0 spiro atoms. The summed E-state index contributed by atoms with van der Waals surface area (Å²) in [6.07, 6.45) is 0. The fourth-order valence-electron chi connectivity index (χ4n) is 4.11. The van der Waals surface area contributed by atoms with Crippen molar-refractivity contribution in [1.29, 1.82) is 0 Å². The van der Waals surface area contributed by atoms with Crippen molar-refractivity contribution in [2.75, 3.05) is 53.0 Å². The minimum absolute atomic E-state index is 0.0814. The summed E-state index contributed by atoms with van der Waals surface area (Å²) >= 11 is 0. The Kier molecular flexibility index (Phi) is 4.63. The number of hydrogen-bond donors (Lipinski definition) is 0. The normalized spacial score (nSPS) is 20.2. The van der Waals surface area contributed by atoms with E-state index in [-0.39, 0.29) is 11.9 Å². The van der Waals surface area contributed by atoms with Crippen LogP contribution in [0.15, 0.2) is 18.2 Å². The first kappa shape index (κ1) is 17.4. The molecule has 3 heterocycles. The van der Waals surface area contributed by atoms with Crippen molar-refractivity contribution < 1.29 is 14.3 Å². The Balaban J connectivity index is 1.79. The molecule has 0 N–H and O–H groups in total. The average molecular weight is 357 g/mol. The Morgan fingerprint density at radius 2 is 2.08 bits per heavy atom. The number of ether oxygens (including phenoxy) is 2. The number of benzene rings is 1. The van der Waals surface area contributed by atoms with E-state index < -0.39 is 0 Å². The van der Waals surface area contributed by atoms with E-state index >= 15 is 0 Å². The Morgan fingerprint density at radius 1 is 1.31 bits per heavy atom. The van der Waals surface area contributed by atoms with E-state index in [4.69, 9.17) is 9.47 Å². The van der Waals surface area contributed by atoms with Gasteiger partial charge in [-0.05, 0) is 19.9 Å². The quantitative estimate of drug-likeness (QED) is 0.842. The van der Waals surface area contributed by atoms with E-state index in [9.17, 15) is 4.79 Å². The van der Waals surface area contributed by atoms with Gasteiger partial charge in [-0.25, -0.2) is 0 Å². The monoisotopic (exact) mass is 357 g/mol. The summed E-state index contributed by atoms with van der Waals surface area (Å²) in [6, 6.07) is 6.23. The first-order chi connectivity index (χ1) is 12.6. The summed E-state index contributed by atoms with van der Waals surface area (Å²) < 4.78 is 13.9. The number of hydrogen-bond acceptors (Lipinski definition) is 4. The van der Waals surface area contributed by atoms with Crippen molar-refractivity contribution in [2.24, 2.45) is 0 Å². The lowest BCUT2D eigenvalue weighted by atomic mass is 10.1. The molecule has 6 nitrogen and oxygen atoms in total. The van der Waals surface area contributed by atoms with Gasteiger partial charge >= 0.3 is 0 Å². The first-order valence-corrected chi connectivity index (χ1v) is 9.43. The second-order valence-corrected chi connectivity index (χ2v) is 7.18. The highest BCUT2D eigenvalue weighted by molar-refractivity contribution is 6.09. The van der Waals surface area contributed by atoms with E-state index in [1.54, 1.807) is 4.90 Å². The zero-order valence-corrected chi connectivity index (χ0v) is 15.8. The van der Waals surface area contributed by atoms with Gasteiger partial charge in [0, 0.05) is 44.3 Å². The van der Waals surface area contributed by atoms with E-state index in [0.717, 1.165) is 60.8 Å². The number of carbonyl (C=O) groups is 1. The van der Waals surface area contributed by atoms with E-state index in [1.165, 1.54) is 0 Å². The minimum Gasteiger partial charge on any atom is -0.489 e. The number of nitrogens with zero attached hydrogens (tertiary/aromatic N) is 3. The lowest BCUT2D eigenvalue weighted by Gasteiger charge is -2.34. The second kappa shape index (κ2) is 6.93. The molecule has 0 bridgehead atoms. The summed E-state index contributed by atoms with van der Waals surface area (Å²) in [5.41, 5.74) is 2.91. The maximum atomic E-state index is 13.0. The fourth-order valence-corrected chi connectivity index (χ4v) is 4.11. The van der Waals surface area contributed by atoms with Crippen molar-refractivity contribution in [3.63, 3.8) is 0 Å². The van der Waals surface area contributed by atoms with Gasteiger partial charge in [0.05, 0.1) is 30.3 Å². The molecule has 2 aliphatic heterocycles. The highest BCUT2D eigenvalue weighted by Crippen LogP contribution is 2.39. The number of para-hydroxylation sites is 1. The first-order valence-electron chi connectivity index (χ1n) is 9.43. The summed E-state index contributed by atoms with van der Waals surface area (Å²) in [5, 5.41) is 0.997. The Bertz CT molecular complexity index is 823. The number of amides is 1. The van der Waals surface area contributed by atoms with E-state index in [1.807, 2.05) is 32.2 Å². The minimum atomic E-state index is 0.0814. The van der Waals surface area contributed by atoms with Crippen LogP contribution in [0.2, 0.25) is 0 Å². The van der Waals surface area contributed by atoms with Crippen molar-refractivity contribution in [2.45, 2.75) is 19.9 Å². The number of carbonyl (C=O) groups excluding carboxylic acids is 1. The molecule has 1 aromatic carbocycles. The zero-order valence-electron chi connectivity index (χ0n) is 15.8. The maximum Gasteiger partial charge on any atom is 0.256 e. The summed E-state index contributed by atoms with van der Waals surface area (Å²) in [6.45, 7) is 9.79. The molecule has 26 heavy (non-hydrogen) atoms. The van der Waals surface area contributed by atoms with Gasteiger partial charge in [0.1, 0.15) is 12.4 Å². The van der Waals surface area contributed by atoms with Gasteiger partial charge in [0.2, 0.25) is 0 Å². The molecule has 0 radical (unpaired) electrons. The molecule has 0 unspecified atom stereocenters. The summed E-state index contributed by atoms with van der Waals surface area (Å²) in [7, 11) is 1.86. The molecule has 140 valence electrons. The van der Waals surface area contributed by atoms with E-state index in [2.05, 4.69) is 16.4 Å². The number of rotatable bonds is 4. The molecule has 1 fully saturated rings. The molecule has 1 amide bonds. The molecule has 2 aromatic rings. The lowest BCUT2D eigenvalue weighted by molar-refractivity contribution is 0.0272. The van der Waals surface area contributed by atoms with Crippen LogP contribution < -0.4 is 4.74 Å².